The van der Waals surface area contributed by atoms with E-state index in [0.717, 1.165) is 0 Å². The van der Waals surface area contributed by atoms with Gasteiger partial charge in [0.1, 0.15) is 5.82 Å². The molecule has 3 nitrogen and oxygen atoms in total. The van der Waals surface area contributed by atoms with E-state index in [1.807, 2.05) is 13.8 Å². The average molecular weight is 278 g/mol. The van der Waals surface area contributed by atoms with E-state index in [4.69, 9.17) is 0 Å². The van der Waals surface area contributed by atoms with Crippen LogP contribution in [0.3, 0.4) is 0 Å². The summed E-state index contributed by atoms with van der Waals surface area (Å²) in [4.78, 5) is 18.6. The van der Waals surface area contributed by atoms with E-state index < -0.39 is 6.43 Å². The Morgan fingerprint density at radius 2 is 2.00 bits per heavy atom. The van der Waals surface area contributed by atoms with Crippen LogP contribution in [0.5, 0.6) is 0 Å². The molecule has 2 rings (SSSR count). The minimum absolute atomic E-state index is 0.0839. The highest BCUT2D eigenvalue weighted by atomic mass is 19.3. The van der Waals surface area contributed by atoms with Crippen LogP contribution in [-0.4, -0.2) is 9.97 Å². The Hall–Kier alpha value is -2.04. The normalized spacial score (nSPS) is 11.3. The zero-order chi connectivity index (χ0) is 14.7. The Labute approximate surface area is 115 Å². The van der Waals surface area contributed by atoms with Gasteiger partial charge in [0, 0.05) is 22.9 Å². The first-order chi connectivity index (χ1) is 9.45. The minimum Gasteiger partial charge on any atom is -0.307 e. The molecular formula is C15H16F2N2O. The molecule has 0 saturated heterocycles. The zero-order valence-electron chi connectivity index (χ0n) is 11.4. The summed E-state index contributed by atoms with van der Waals surface area (Å²) >= 11 is 0. The highest BCUT2D eigenvalue weighted by Gasteiger charge is 2.10. The van der Waals surface area contributed by atoms with Crippen LogP contribution >= 0.6 is 0 Å². The van der Waals surface area contributed by atoms with Gasteiger partial charge in [0.15, 0.2) is 0 Å². The lowest BCUT2D eigenvalue weighted by molar-refractivity contribution is 0.151. The van der Waals surface area contributed by atoms with Gasteiger partial charge in [0.2, 0.25) is 0 Å². The van der Waals surface area contributed by atoms with Crippen LogP contribution < -0.4 is 5.56 Å². The molecule has 0 saturated carbocycles. The number of aromatic amines is 1. The topological polar surface area (TPSA) is 45.8 Å². The second-order valence-corrected chi connectivity index (χ2v) is 5.11. The van der Waals surface area contributed by atoms with Crippen molar-refractivity contribution in [2.45, 2.75) is 26.7 Å². The van der Waals surface area contributed by atoms with E-state index >= 15 is 0 Å². The van der Waals surface area contributed by atoms with Crippen LogP contribution in [0.4, 0.5) is 8.78 Å². The fourth-order valence-corrected chi connectivity index (χ4v) is 1.99. The molecule has 0 atom stereocenters. The van der Waals surface area contributed by atoms with Crippen LogP contribution in [0.2, 0.25) is 0 Å². The summed E-state index contributed by atoms with van der Waals surface area (Å²) in [5.41, 5.74) is 0.805. The van der Waals surface area contributed by atoms with Gasteiger partial charge in [0.25, 0.3) is 12.0 Å². The first-order valence-corrected chi connectivity index (χ1v) is 6.44. The van der Waals surface area contributed by atoms with Crippen molar-refractivity contribution in [3.8, 4) is 11.4 Å². The molecule has 0 aliphatic carbocycles. The van der Waals surface area contributed by atoms with Crippen molar-refractivity contribution in [2.75, 3.05) is 0 Å². The molecule has 0 aliphatic heterocycles. The molecule has 0 fully saturated rings. The monoisotopic (exact) mass is 278 g/mol. The Kier molecular flexibility index (Phi) is 4.27. The lowest BCUT2D eigenvalue weighted by atomic mass is 10.1. The predicted molar refractivity (Wildman–Crippen MR) is 73.8 cm³/mol. The van der Waals surface area contributed by atoms with E-state index in [9.17, 15) is 13.6 Å². The van der Waals surface area contributed by atoms with E-state index in [-0.39, 0.29) is 11.1 Å². The second kappa shape index (κ2) is 5.94. The van der Waals surface area contributed by atoms with Crippen molar-refractivity contribution in [3.63, 3.8) is 0 Å². The highest BCUT2D eigenvalue weighted by Crippen LogP contribution is 2.23. The summed E-state index contributed by atoms with van der Waals surface area (Å²) < 4.78 is 25.4. The summed E-state index contributed by atoms with van der Waals surface area (Å²) in [6.45, 7) is 4.06. The van der Waals surface area contributed by atoms with Gasteiger partial charge < -0.3 is 4.98 Å². The summed E-state index contributed by atoms with van der Waals surface area (Å²) in [7, 11) is 0. The van der Waals surface area contributed by atoms with Crippen LogP contribution in [0.15, 0.2) is 35.1 Å². The highest BCUT2D eigenvalue weighted by molar-refractivity contribution is 5.56. The molecule has 0 amide bonds. The smallest absolute Gasteiger partial charge is 0.263 e. The fourth-order valence-electron chi connectivity index (χ4n) is 1.99. The van der Waals surface area contributed by atoms with E-state index in [1.54, 1.807) is 6.07 Å². The molecule has 0 radical (unpaired) electrons. The average Bonchev–Trinajstić information content (AvgIpc) is 2.37. The predicted octanol–water partition coefficient (Wildman–Crippen LogP) is 3.57. The first-order valence-electron chi connectivity index (χ1n) is 6.44. The summed E-state index contributed by atoms with van der Waals surface area (Å²) in [5, 5.41) is 0. The summed E-state index contributed by atoms with van der Waals surface area (Å²) in [6.07, 6.45) is -1.87. The largest absolute Gasteiger partial charge is 0.307 e. The lowest BCUT2D eigenvalue weighted by Crippen LogP contribution is -2.11. The number of hydrogen-bond acceptors (Lipinski definition) is 2. The quantitative estimate of drug-likeness (QED) is 0.929. The molecule has 2 aromatic rings. The van der Waals surface area contributed by atoms with E-state index in [0.29, 0.717) is 29.4 Å². The third-order valence-electron chi connectivity index (χ3n) is 2.82. The number of halogens is 2. The number of nitrogens with zero attached hydrogens (tertiary/aromatic N) is 1. The zero-order valence-corrected chi connectivity index (χ0v) is 11.4. The van der Waals surface area contributed by atoms with Crippen molar-refractivity contribution in [2.24, 2.45) is 5.92 Å². The maximum absolute atomic E-state index is 12.7. The van der Waals surface area contributed by atoms with E-state index in [2.05, 4.69) is 9.97 Å². The van der Waals surface area contributed by atoms with Gasteiger partial charge in [0.05, 0.1) is 0 Å². The Morgan fingerprint density at radius 3 is 2.65 bits per heavy atom. The number of alkyl halides is 2. The standard InChI is InChI=1S/C15H16F2N2O/c1-9(2)6-12-8-13(20)19-15(18-12)11-5-3-4-10(7-11)14(16)17/h3-5,7-9,14H,6H2,1-2H3,(H,18,19,20). The van der Waals surface area contributed by atoms with Gasteiger partial charge in [-0.2, -0.15) is 0 Å². The van der Waals surface area contributed by atoms with Crippen LogP contribution in [0.1, 0.15) is 31.5 Å². The molecule has 1 heterocycles. The number of H-pyrrole nitrogens is 1. The fraction of sp³-hybridized carbons (Fsp3) is 0.333. The number of hydrogen-bond donors (Lipinski definition) is 1. The molecule has 20 heavy (non-hydrogen) atoms. The maximum Gasteiger partial charge on any atom is 0.263 e. The number of benzene rings is 1. The Balaban J connectivity index is 2.44. The minimum atomic E-state index is -2.54. The molecular weight excluding hydrogens is 262 g/mol. The summed E-state index contributed by atoms with van der Waals surface area (Å²) in [5.74, 6) is 0.695. The Morgan fingerprint density at radius 1 is 1.25 bits per heavy atom. The van der Waals surface area contributed by atoms with Crippen molar-refractivity contribution in [1.29, 1.82) is 0 Å². The van der Waals surface area contributed by atoms with Gasteiger partial charge in [-0.1, -0.05) is 32.0 Å². The van der Waals surface area contributed by atoms with Crippen LogP contribution in [0, 0.1) is 5.92 Å². The number of aromatic nitrogens is 2. The molecule has 5 heteroatoms. The van der Waals surface area contributed by atoms with Crippen molar-refractivity contribution >= 4 is 0 Å². The van der Waals surface area contributed by atoms with E-state index in [1.165, 1.54) is 24.3 Å². The van der Waals surface area contributed by atoms with Crippen molar-refractivity contribution in [3.05, 3.63) is 51.9 Å². The molecule has 1 aromatic heterocycles. The third kappa shape index (κ3) is 3.50. The SMILES string of the molecule is CC(C)Cc1cc(=O)[nH]c(-c2cccc(C(F)F)c2)n1. The molecule has 1 aromatic carbocycles. The number of nitrogens with one attached hydrogen (secondary N) is 1. The van der Waals surface area contributed by atoms with Crippen molar-refractivity contribution in [1.82, 2.24) is 9.97 Å². The third-order valence-corrected chi connectivity index (χ3v) is 2.82. The van der Waals surface area contributed by atoms with Crippen LogP contribution in [-0.2, 0) is 6.42 Å². The molecule has 0 aliphatic rings. The van der Waals surface area contributed by atoms with Gasteiger partial charge >= 0.3 is 0 Å². The second-order valence-electron chi connectivity index (χ2n) is 5.11. The van der Waals surface area contributed by atoms with Gasteiger partial charge in [-0.25, -0.2) is 13.8 Å². The van der Waals surface area contributed by atoms with Gasteiger partial charge in [-0.05, 0) is 18.4 Å². The number of rotatable bonds is 4. The maximum atomic E-state index is 12.7. The molecule has 1 N–H and O–H groups in total. The Bertz CT molecular complexity index is 650. The van der Waals surface area contributed by atoms with Crippen LogP contribution in [0.25, 0.3) is 11.4 Å². The van der Waals surface area contributed by atoms with Gasteiger partial charge in [-0.3, -0.25) is 4.79 Å². The molecule has 0 unspecified atom stereocenters. The lowest BCUT2D eigenvalue weighted by Gasteiger charge is -2.07. The molecule has 106 valence electrons. The molecule has 0 bridgehead atoms. The summed E-state index contributed by atoms with van der Waals surface area (Å²) in [6, 6.07) is 7.34. The first kappa shape index (κ1) is 14.4. The molecule has 0 spiro atoms. The van der Waals surface area contributed by atoms with Gasteiger partial charge in [-0.15, -0.1) is 0 Å². The van der Waals surface area contributed by atoms with Crippen molar-refractivity contribution < 1.29 is 8.78 Å².